The van der Waals surface area contributed by atoms with Crippen LogP contribution in [0.25, 0.3) is 0 Å². The smallest absolute Gasteiger partial charge is 0.199 e. The molecular weight excluding hydrogens is 378 g/mol. The van der Waals surface area contributed by atoms with Crippen LogP contribution in [0.4, 0.5) is 8.78 Å². The van der Waals surface area contributed by atoms with E-state index in [9.17, 15) is 18.7 Å². The Hall–Kier alpha value is -3.67. The van der Waals surface area contributed by atoms with E-state index in [1.54, 1.807) is 0 Å². The Morgan fingerprint density at radius 3 is 2.41 bits per heavy atom. The Morgan fingerprint density at radius 1 is 0.966 bits per heavy atom. The first-order chi connectivity index (χ1) is 14.0. The van der Waals surface area contributed by atoms with Crippen LogP contribution in [0.5, 0.6) is 17.2 Å². The second-order valence-electron chi connectivity index (χ2n) is 6.14. The van der Waals surface area contributed by atoms with Crippen LogP contribution in [-0.2, 0) is 6.61 Å². The molecule has 0 radical (unpaired) electrons. The van der Waals surface area contributed by atoms with Crippen LogP contribution in [0, 0.1) is 11.6 Å². The summed E-state index contributed by atoms with van der Waals surface area (Å²) in [5, 5.41) is 9.77. The van der Waals surface area contributed by atoms with Crippen molar-refractivity contribution in [3.63, 3.8) is 0 Å². The van der Waals surface area contributed by atoms with Crippen molar-refractivity contribution < 1.29 is 28.2 Å². The van der Waals surface area contributed by atoms with E-state index in [1.165, 1.54) is 18.2 Å². The molecule has 0 heterocycles. The highest BCUT2D eigenvalue weighted by atomic mass is 19.1. The predicted octanol–water partition coefficient (Wildman–Crippen LogP) is 5.05. The summed E-state index contributed by atoms with van der Waals surface area (Å²) in [6.07, 6.45) is 1.43. The second-order valence-corrected chi connectivity index (χ2v) is 6.14. The summed E-state index contributed by atoms with van der Waals surface area (Å²) in [4.78, 5) is 12.8. The van der Waals surface area contributed by atoms with Gasteiger partial charge < -0.3 is 14.6 Å². The van der Waals surface area contributed by atoms with Crippen LogP contribution in [-0.4, -0.2) is 17.5 Å². The molecule has 0 fully saturated rings. The molecule has 1 N–H and O–H groups in total. The number of phenols is 1. The zero-order chi connectivity index (χ0) is 20.8. The molecule has 3 aromatic carbocycles. The third kappa shape index (κ3) is 4.79. The first-order valence-electron chi connectivity index (χ1n) is 8.76. The quantitative estimate of drug-likeness (QED) is 0.428. The molecule has 0 aliphatic rings. The lowest BCUT2D eigenvalue weighted by molar-refractivity contribution is 0.103. The Bertz CT molecular complexity index is 1030. The summed E-state index contributed by atoms with van der Waals surface area (Å²) in [6.45, 7) is 3.75. The summed E-state index contributed by atoms with van der Waals surface area (Å²) in [5.74, 6) is -3.01. The van der Waals surface area contributed by atoms with Crippen molar-refractivity contribution in [2.75, 3.05) is 6.61 Å². The van der Waals surface area contributed by atoms with E-state index in [0.717, 1.165) is 23.8 Å². The van der Waals surface area contributed by atoms with Crippen LogP contribution in [0.3, 0.4) is 0 Å². The van der Waals surface area contributed by atoms with Gasteiger partial charge in [-0.25, -0.2) is 8.78 Å². The Labute approximate surface area is 166 Å². The molecule has 0 spiro atoms. The molecule has 148 valence electrons. The second kappa shape index (κ2) is 9.01. The first kappa shape index (κ1) is 20.1. The Balaban J connectivity index is 1.87. The molecule has 29 heavy (non-hydrogen) atoms. The number of benzene rings is 3. The van der Waals surface area contributed by atoms with Gasteiger partial charge in [-0.3, -0.25) is 4.79 Å². The lowest BCUT2D eigenvalue weighted by Crippen LogP contribution is -2.08. The summed E-state index contributed by atoms with van der Waals surface area (Å²) in [7, 11) is 0. The van der Waals surface area contributed by atoms with Gasteiger partial charge in [-0.15, -0.1) is 0 Å². The SMILES string of the molecule is C=CCOc1cc(C(=O)c2cc(OCc3ccccc3)ccc2F)c(F)cc1O. The maximum absolute atomic E-state index is 14.3. The van der Waals surface area contributed by atoms with Crippen LogP contribution >= 0.6 is 0 Å². The summed E-state index contributed by atoms with van der Waals surface area (Å²) in [5.41, 5.74) is 0.120. The van der Waals surface area contributed by atoms with Crippen LogP contribution in [0.15, 0.2) is 73.3 Å². The third-order valence-electron chi connectivity index (χ3n) is 4.08. The van der Waals surface area contributed by atoms with Gasteiger partial charge in [0, 0.05) is 6.07 Å². The number of carbonyl (C=O) groups excluding carboxylic acids is 1. The van der Waals surface area contributed by atoms with Crippen molar-refractivity contribution in [2.45, 2.75) is 6.61 Å². The Kier molecular flexibility index (Phi) is 6.24. The monoisotopic (exact) mass is 396 g/mol. The highest BCUT2D eigenvalue weighted by molar-refractivity contribution is 6.09. The maximum atomic E-state index is 14.3. The lowest BCUT2D eigenvalue weighted by Gasteiger charge is -2.11. The van der Waals surface area contributed by atoms with Crippen LogP contribution in [0.2, 0.25) is 0 Å². The number of rotatable bonds is 8. The number of ether oxygens (including phenoxy) is 2. The van der Waals surface area contributed by atoms with Gasteiger partial charge in [0.2, 0.25) is 0 Å². The van der Waals surface area contributed by atoms with Crippen molar-refractivity contribution in [1.29, 1.82) is 0 Å². The summed E-state index contributed by atoms with van der Waals surface area (Å²) >= 11 is 0. The van der Waals surface area contributed by atoms with E-state index in [0.29, 0.717) is 0 Å². The fraction of sp³-hybridized carbons (Fsp3) is 0.0870. The number of ketones is 1. The average Bonchev–Trinajstić information content (AvgIpc) is 2.73. The fourth-order valence-electron chi connectivity index (χ4n) is 2.64. The third-order valence-corrected chi connectivity index (χ3v) is 4.08. The van der Waals surface area contributed by atoms with Gasteiger partial charge in [0.15, 0.2) is 17.3 Å². The highest BCUT2D eigenvalue weighted by Crippen LogP contribution is 2.31. The van der Waals surface area contributed by atoms with Crippen molar-refractivity contribution in [2.24, 2.45) is 0 Å². The van der Waals surface area contributed by atoms with Gasteiger partial charge in [0.25, 0.3) is 0 Å². The molecule has 0 saturated carbocycles. The first-order valence-corrected chi connectivity index (χ1v) is 8.76. The molecule has 0 amide bonds. The van der Waals surface area contributed by atoms with E-state index in [4.69, 9.17) is 9.47 Å². The van der Waals surface area contributed by atoms with E-state index in [1.807, 2.05) is 30.3 Å². The largest absolute Gasteiger partial charge is 0.504 e. The number of halogens is 2. The predicted molar refractivity (Wildman–Crippen MR) is 104 cm³/mol. The van der Waals surface area contributed by atoms with Gasteiger partial charge in [0.05, 0.1) is 11.1 Å². The summed E-state index contributed by atoms with van der Waals surface area (Å²) < 4.78 is 39.4. The molecule has 0 unspecified atom stereocenters. The number of hydrogen-bond donors (Lipinski definition) is 1. The molecule has 0 atom stereocenters. The van der Waals surface area contributed by atoms with Crippen molar-refractivity contribution in [1.82, 2.24) is 0 Å². The minimum Gasteiger partial charge on any atom is -0.504 e. The number of carbonyl (C=O) groups is 1. The van der Waals surface area contributed by atoms with Gasteiger partial charge in [-0.1, -0.05) is 43.0 Å². The molecule has 0 saturated heterocycles. The minimum absolute atomic E-state index is 0.0456. The molecular formula is C23H18F2O4. The van der Waals surface area contributed by atoms with Gasteiger partial charge in [-0.05, 0) is 29.8 Å². The van der Waals surface area contributed by atoms with E-state index < -0.39 is 28.7 Å². The van der Waals surface area contributed by atoms with E-state index in [2.05, 4.69) is 6.58 Å². The molecule has 4 nitrogen and oxygen atoms in total. The number of phenolic OH excluding ortho intramolecular Hbond substituents is 1. The molecule has 3 aromatic rings. The average molecular weight is 396 g/mol. The number of hydrogen-bond acceptors (Lipinski definition) is 4. The molecule has 3 rings (SSSR count). The zero-order valence-electron chi connectivity index (χ0n) is 15.4. The van der Waals surface area contributed by atoms with Gasteiger partial charge in [-0.2, -0.15) is 0 Å². The maximum Gasteiger partial charge on any atom is 0.199 e. The highest BCUT2D eigenvalue weighted by Gasteiger charge is 2.21. The van der Waals surface area contributed by atoms with E-state index >= 15 is 0 Å². The number of aromatic hydroxyl groups is 1. The fourth-order valence-corrected chi connectivity index (χ4v) is 2.64. The molecule has 0 aliphatic heterocycles. The molecule has 0 bridgehead atoms. The molecule has 0 aromatic heterocycles. The van der Waals surface area contributed by atoms with Gasteiger partial charge in [0.1, 0.15) is 30.6 Å². The standard InChI is InChI=1S/C23H18F2O4/c1-2-10-28-22-12-18(20(25)13-21(22)26)23(27)17-11-16(8-9-19(17)24)29-14-15-6-4-3-5-7-15/h2-9,11-13,26H,1,10,14H2. The molecule has 0 aliphatic carbocycles. The lowest BCUT2D eigenvalue weighted by atomic mass is 10.0. The van der Waals surface area contributed by atoms with Crippen molar-refractivity contribution >= 4 is 5.78 Å². The van der Waals surface area contributed by atoms with Crippen LogP contribution < -0.4 is 9.47 Å². The Morgan fingerprint density at radius 2 is 1.69 bits per heavy atom. The normalized spacial score (nSPS) is 10.4. The topological polar surface area (TPSA) is 55.8 Å². The van der Waals surface area contributed by atoms with E-state index in [-0.39, 0.29) is 30.3 Å². The zero-order valence-corrected chi connectivity index (χ0v) is 15.4. The van der Waals surface area contributed by atoms with Gasteiger partial charge >= 0.3 is 0 Å². The van der Waals surface area contributed by atoms with Crippen molar-refractivity contribution in [3.8, 4) is 17.2 Å². The van der Waals surface area contributed by atoms with Crippen molar-refractivity contribution in [3.05, 3.63) is 102 Å². The minimum atomic E-state index is -0.992. The van der Waals surface area contributed by atoms with Crippen LogP contribution in [0.1, 0.15) is 21.5 Å². The molecule has 6 heteroatoms. The summed E-state index contributed by atoms with van der Waals surface area (Å²) in [6, 6.07) is 14.8.